The molecule has 2 rings (SSSR count). The highest BCUT2D eigenvalue weighted by Gasteiger charge is 2.12. The number of hydrogen-bond donors (Lipinski definition) is 1. The molecule has 1 aliphatic carbocycles. The van der Waals surface area contributed by atoms with E-state index in [1.807, 2.05) is 0 Å². The van der Waals surface area contributed by atoms with Gasteiger partial charge < -0.3 is 5.32 Å². The quantitative estimate of drug-likeness (QED) is 0.619. The molecule has 0 radical (unpaired) electrons. The van der Waals surface area contributed by atoms with E-state index in [1.165, 1.54) is 11.1 Å². The Balaban J connectivity index is 2.26. The molecule has 0 aromatic carbocycles. The summed E-state index contributed by atoms with van der Waals surface area (Å²) in [7, 11) is 0. The molecule has 0 saturated heterocycles. The average Bonchev–Trinajstić information content (AvgIpc) is 2.17. The van der Waals surface area contributed by atoms with Gasteiger partial charge in [0.1, 0.15) is 0 Å². The third kappa shape index (κ3) is 1.22. The van der Waals surface area contributed by atoms with Gasteiger partial charge in [0, 0.05) is 6.20 Å². The Hall–Kier alpha value is -1.24. The van der Waals surface area contributed by atoms with Crippen LogP contribution in [0.2, 0.25) is 0 Å². The second-order valence-corrected chi connectivity index (χ2v) is 3.11. The number of dihydropyridines is 1. The Morgan fingerprint density at radius 1 is 1.42 bits per heavy atom. The summed E-state index contributed by atoms with van der Waals surface area (Å²) < 4.78 is 0. The van der Waals surface area contributed by atoms with Crippen LogP contribution in [0.3, 0.4) is 0 Å². The van der Waals surface area contributed by atoms with E-state index in [0.29, 0.717) is 6.04 Å². The highest BCUT2D eigenvalue weighted by atomic mass is 14.9. The van der Waals surface area contributed by atoms with Crippen LogP contribution < -0.4 is 5.32 Å². The maximum absolute atomic E-state index is 3.35. The summed E-state index contributed by atoms with van der Waals surface area (Å²) in [6.45, 7) is 2.17. The number of hydrogen-bond acceptors (Lipinski definition) is 1. The van der Waals surface area contributed by atoms with Crippen molar-refractivity contribution in [2.75, 3.05) is 0 Å². The van der Waals surface area contributed by atoms with Crippen molar-refractivity contribution in [2.24, 2.45) is 0 Å². The van der Waals surface area contributed by atoms with Crippen LogP contribution in [0.4, 0.5) is 0 Å². The molecule has 1 unspecified atom stereocenters. The van der Waals surface area contributed by atoms with E-state index >= 15 is 0 Å². The SMILES string of the molecule is CCC1=CNC2C=CC=CC2=C1. The lowest BCUT2D eigenvalue weighted by Crippen LogP contribution is -2.27. The zero-order valence-electron chi connectivity index (χ0n) is 7.25. The van der Waals surface area contributed by atoms with Gasteiger partial charge in [-0.15, -0.1) is 0 Å². The third-order valence-electron chi connectivity index (χ3n) is 2.27. The highest BCUT2D eigenvalue weighted by molar-refractivity contribution is 5.43. The zero-order valence-corrected chi connectivity index (χ0v) is 7.25. The van der Waals surface area contributed by atoms with Crippen LogP contribution in [0, 0.1) is 0 Å². The molecule has 0 aromatic heterocycles. The second kappa shape index (κ2) is 3.02. The molecule has 0 amide bonds. The Kier molecular flexibility index (Phi) is 1.86. The fraction of sp³-hybridized carbons (Fsp3) is 0.273. The van der Waals surface area contributed by atoms with Crippen molar-refractivity contribution in [3.8, 4) is 0 Å². The van der Waals surface area contributed by atoms with Crippen LogP contribution in [-0.2, 0) is 0 Å². The predicted octanol–water partition coefficient (Wildman–Crippen LogP) is 2.30. The van der Waals surface area contributed by atoms with Crippen LogP contribution in [0.5, 0.6) is 0 Å². The molecule has 2 aliphatic rings. The summed E-state index contributed by atoms with van der Waals surface area (Å²) in [5.41, 5.74) is 2.75. The van der Waals surface area contributed by atoms with Gasteiger partial charge in [-0.3, -0.25) is 0 Å². The lowest BCUT2D eigenvalue weighted by atomic mass is 9.96. The van der Waals surface area contributed by atoms with Gasteiger partial charge in [-0.2, -0.15) is 0 Å². The first kappa shape index (κ1) is 7.41. The lowest BCUT2D eigenvalue weighted by Gasteiger charge is -2.22. The third-order valence-corrected chi connectivity index (χ3v) is 2.27. The zero-order chi connectivity index (χ0) is 8.39. The van der Waals surface area contributed by atoms with Crippen LogP contribution in [0.15, 0.2) is 47.7 Å². The van der Waals surface area contributed by atoms with Crippen molar-refractivity contribution in [2.45, 2.75) is 19.4 Å². The van der Waals surface area contributed by atoms with Crippen molar-refractivity contribution in [1.29, 1.82) is 0 Å². The Bertz CT molecular complexity index is 292. The molecule has 62 valence electrons. The van der Waals surface area contributed by atoms with E-state index in [1.54, 1.807) is 0 Å². The highest BCUT2D eigenvalue weighted by Crippen LogP contribution is 2.19. The van der Waals surface area contributed by atoms with E-state index < -0.39 is 0 Å². The van der Waals surface area contributed by atoms with Gasteiger partial charge in [-0.05, 0) is 17.6 Å². The van der Waals surface area contributed by atoms with Crippen molar-refractivity contribution < 1.29 is 0 Å². The van der Waals surface area contributed by atoms with Gasteiger partial charge in [0.15, 0.2) is 0 Å². The van der Waals surface area contributed by atoms with Gasteiger partial charge in [0.05, 0.1) is 6.04 Å². The summed E-state index contributed by atoms with van der Waals surface area (Å²) >= 11 is 0. The monoisotopic (exact) mass is 159 g/mol. The normalized spacial score (nSPS) is 25.6. The average molecular weight is 159 g/mol. The first-order chi connectivity index (χ1) is 5.90. The molecule has 1 nitrogen and oxygen atoms in total. The standard InChI is InChI=1S/C11H13N/c1-2-9-7-10-5-3-4-6-11(10)12-8-9/h3-8,11-12H,2H2,1H3. The molecule has 12 heavy (non-hydrogen) atoms. The van der Waals surface area contributed by atoms with E-state index in [2.05, 4.69) is 48.8 Å². The summed E-state index contributed by atoms with van der Waals surface area (Å²) in [5, 5.41) is 3.35. The summed E-state index contributed by atoms with van der Waals surface area (Å²) in [4.78, 5) is 0. The van der Waals surface area contributed by atoms with Crippen LogP contribution >= 0.6 is 0 Å². The number of nitrogens with one attached hydrogen (secondary N) is 1. The van der Waals surface area contributed by atoms with Crippen molar-refractivity contribution in [3.63, 3.8) is 0 Å². The molecule has 0 bridgehead atoms. The fourth-order valence-corrected chi connectivity index (χ4v) is 1.50. The first-order valence-electron chi connectivity index (χ1n) is 4.41. The maximum atomic E-state index is 3.35. The molecule has 0 fully saturated rings. The summed E-state index contributed by atoms with van der Waals surface area (Å²) in [5.74, 6) is 0. The van der Waals surface area contributed by atoms with Gasteiger partial charge in [-0.1, -0.05) is 37.3 Å². The van der Waals surface area contributed by atoms with E-state index in [4.69, 9.17) is 0 Å². The maximum Gasteiger partial charge on any atom is 0.0695 e. The summed E-state index contributed by atoms with van der Waals surface area (Å²) in [6, 6.07) is 0.408. The van der Waals surface area contributed by atoms with E-state index in [-0.39, 0.29) is 0 Å². The minimum Gasteiger partial charge on any atom is -0.380 e. The fourth-order valence-electron chi connectivity index (χ4n) is 1.50. The topological polar surface area (TPSA) is 12.0 Å². The lowest BCUT2D eigenvalue weighted by molar-refractivity contribution is 0.778. The molecule has 0 saturated carbocycles. The molecule has 0 aromatic rings. The van der Waals surface area contributed by atoms with Crippen molar-refractivity contribution in [3.05, 3.63) is 47.7 Å². The molecule has 1 N–H and O–H groups in total. The Morgan fingerprint density at radius 3 is 3.17 bits per heavy atom. The van der Waals surface area contributed by atoms with Crippen LogP contribution in [0.1, 0.15) is 13.3 Å². The van der Waals surface area contributed by atoms with Crippen LogP contribution in [0.25, 0.3) is 0 Å². The molecule has 0 spiro atoms. The van der Waals surface area contributed by atoms with Crippen molar-refractivity contribution >= 4 is 0 Å². The minimum absolute atomic E-state index is 0.408. The van der Waals surface area contributed by atoms with E-state index in [9.17, 15) is 0 Å². The first-order valence-corrected chi connectivity index (χ1v) is 4.41. The number of allylic oxidation sites excluding steroid dienone is 4. The molecular weight excluding hydrogens is 146 g/mol. The largest absolute Gasteiger partial charge is 0.380 e. The predicted molar refractivity (Wildman–Crippen MR) is 51.7 cm³/mol. The molecule has 1 heterocycles. The molecule has 1 atom stereocenters. The molecular formula is C11H13N. The van der Waals surface area contributed by atoms with E-state index in [0.717, 1.165) is 6.42 Å². The number of rotatable bonds is 1. The van der Waals surface area contributed by atoms with Gasteiger partial charge in [0.25, 0.3) is 0 Å². The van der Waals surface area contributed by atoms with Crippen molar-refractivity contribution in [1.82, 2.24) is 5.32 Å². The molecule has 1 aliphatic heterocycles. The van der Waals surface area contributed by atoms with Gasteiger partial charge in [-0.25, -0.2) is 0 Å². The summed E-state index contributed by atoms with van der Waals surface area (Å²) in [6.07, 6.45) is 14.0. The van der Waals surface area contributed by atoms with Crippen LogP contribution in [-0.4, -0.2) is 6.04 Å². The smallest absolute Gasteiger partial charge is 0.0695 e. The Labute approximate surface area is 73.2 Å². The van der Waals surface area contributed by atoms with Gasteiger partial charge in [0.2, 0.25) is 0 Å². The Morgan fingerprint density at radius 2 is 2.33 bits per heavy atom. The minimum atomic E-state index is 0.408. The van der Waals surface area contributed by atoms with Gasteiger partial charge >= 0.3 is 0 Å². The number of fused-ring (bicyclic) bond motifs is 1. The second-order valence-electron chi connectivity index (χ2n) is 3.11. The molecule has 1 heteroatoms.